The first-order valence-electron chi connectivity index (χ1n) is 10.2. The van der Waals surface area contributed by atoms with E-state index in [1.165, 1.54) is 30.9 Å². The number of para-hydroxylation sites is 1. The van der Waals surface area contributed by atoms with Gasteiger partial charge in [-0.1, -0.05) is 38.6 Å². The molecule has 0 aliphatic carbocycles. The third kappa shape index (κ3) is 2.70. The predicted molar refractivity (Wildman–Crippen MR) is 119 cm³/mol. The van der Waals surface area contributed by atoms with Gasteiger partial charge in [0.2, 0.25) is 5.88 Å². The maximum Gasteiger partial charge on any atom is 0.260 e. The molecule has 156 valence electrons. The van der Waals surface area contributed by atoms with Crippen molar-refractivity contribution in [2.45, 2.75) is 32.1 Å². The molecule has 1 aromatic carbocycles. The lowest BCUT2D eigenvalue weighted by molar-refractivity contribution is 0.0957. The number of benzene rings is 1. The van der Waals surface area contributed by atoms with Crippen LogP contribution in [0.5, 0.6) is 5.88 Å². The first kappa shape index (κ1) is 20.0. The van der Waals surface area contributed by atoms with Gasteiger partial charge in [-0.15, -0.1) is 0 Å². The van der Waals surface area contributed by atoms with Gasteiger partial charge >= 0.3 is 0 Å². The van der Waals surface area contributed by atoms with Gasteiger partial charge in [-0.3, -0.25) is 14.2 Å². The van der Waals surface area contributed by atoms with Crippen molar-refractivity contribution in [2.24, 2.45) is 7.05 Å². The van der Waals surface area contributed by atoms with E-state index in [2.05, 4.69) is 48.8 Å². The first-order valence-corrected chi connectivity index (χ1v) is 10.2. The fraction of sp³-hybridized carbons (Fsp3) is 0.333. The number of aryl methyl sites for hydroxylation is 1. The minimum absolute atomic E-state index is 0.0125. The molecule has 0 spiro atoms. The van der Waals surface area contributed by atoms with Gasteiger partial charge in [-0.25, -0.2) is 0 Å². The first-order chi connectivity index (χ1) is 14.2. The highest BCUT2D eigenvalue weighted by atomic mass is 16.3. The van der Waals surface area contributed by atoms with E-state index >= 15 is 0 Å². The second-order valence-corrected chi connectivity index (χ2v) is 8.45. The minimum Gasteiger partial charge on any atom is -0.494 e. The van der Waals surface area contributed by atoms with E-state index in [4.69, 9.17) is 0 Å². The molecular formula is C24H27N3O3. The Hall–Kier alpha value is -3.28. The maximum atomic E-state index is 12.8. The summed E-state index contributed by atoms with van der Waals surface area (Å²) in [6.07, 6.45) is 5.84. The van der Waals surface area contributed by atoms with Gasteiger partial charge in [-0.05, 0) is 41.3 Å². The average molecular weight is 405 g/mol. The molecule has 0 atom stereocenters. The van der Waals surface area contributed by atoms with Crippen molar-refractivity contribution in [3.63, 3.8) is 0 Å². The summed E-state index contributed by atoms with van der Waals surface area (Å²) in [7, 11) is 2.92. The summed E-state index contributed by atoms with van der Waals surface area (Å²) in [5.74, 6) is -0.867. The summed E-state index contributed by atoms with van der Waals surface area (Å²) >= 11 is 0. The Kier molecular flexibility index (Phi) is 4.60. The van der Waals surface area contributed by atoms with Crippen LogP contribution in [-0.4, -0.2) is 29.2 Å². The van der Waals surface area contributed by atoms with Crippen LogP contribution in [0.4, 0.5) is 5.69 Å². The minimum atomic E-state index is -0.482. The Bertz CT molecular complexity index is 1270. The lowest BCUT2D eigenvalue weighted by Gasteiger charge is -2.30. The molecule has 0 saturated carbocycles. The van der Waals surface area contributed by atoms with E-state index in [1.807, 2.05) is 6.08 Å². The second-order valence-electron chi connectivity index (χ2n) is 8.45. The number of aromatic hydroxyl groups is 1. The summed E-state index contributed by atoms with van der Waals surface area (Å²) in [6.45, 7) is 9.24. The van der Waals surface area contributed by atoms with Gasteiger partial charge < -0.3 is 15.3 Å². The zero-order valence-corrected chi connectivity index (χ0v) is 17.9. The third-order valence-electron chi connectivity index (χ3n) is 6.39. The quantitative estimate of drug-likeness (QED) is 0.789. The number of rotatable bonds is 2. The molecule has 0 saturated heterocycles. The Balaban J connectivity index is 1.96. The number of hydrogen-bond acceptors (Lipinski definition) is 4. The number of anilines is 1. The lowest BCUT2D eigenvalue weighted by Crippen LogP contribution is -2.47. The second kappa shape index (κ2) is 6.90. The third-order valence-corrected chi connectivity index (χ3v) is 6.39. The fourth-order valence-corrected chi connectivity index (χ4v) is 4.71. The molecule has 6 nitrogen and oxygen atoms in total. The molecule has 0 radical (unpaired) electrons. The highest BCUT2D eigenvalue weighted by Gasteiger charge is 2.41. The number of hydrogen-bond donors (Lipinski definition) is 2. The number of nitrogens with zero attached hydrogens (tertiary/aromatic N) is 2. The number of aromatic nitrogens is 1. The van der Waals surface area contributed by atoms with Gasteiger partial charge in [0.25, 0.3) is 11.5 Å². The van der Waals surface area contributed by atoms with Crippen molar-refractivity contribution < 1.29 is 9.90 Å². The molecule has 30 heavy (non-hydrogen) atoms. The zero-order valence-electron chi connectivity index (χ0n) is 17.9. The number of carbonyl (C=O) groups excluding carboxylic acids is 1. The SMILES string of the molecule is C=c1c(C(=O)NC)c(O)n(C)c(=O)/c1=C\C=C1\N2CCCc3cccc(c32)C1(C)C. The fourth-order valence-electron chi connectivity index (χ4n) is 4.71. The normalized spacial score (nSPS) is 18.6. The van der Waals surface area contributed by atoms with E-state index in [9.17, 15) is 14.7 Å². The summed E-state index contributed by atoms with van der Waals surface area (Å²) in [4.78, 5) is 27.4. The van der Waals surface area contributed by atoms with Crippen LogP contribution in [-0.2, 0) is 18.9 Å². The highest BCUT2D eigenvalue weighted by Crippen LogP contribution is 2.50. The van der Waals surface area contributed by atoms with E-state index in [0.29, 0.717) is 5.22 Å². The van der Waals surface area contributed by atoms with Crippen molar-refractivity contribution in [1.82, 2.24) is 9.88 Å². The van der Waals surface area contributed by atoms with E-state index < -0.39 is 11.5 Å². The van der Waals surface area contributed by atoms with Crippen LogP contribution in [0.2, 0.25) is 0 Å². The standard InChI is InChI=1S/C24H27N3O3/c1-14-16(22(29)26(5)23(30)19(14)21(28)25-4)11-12-18-24(2,3)17-10-6-8-15-9-7-13-27(18)20(15)17/h6,8,10-12,30H,1,7,9,13H2,2-5H3,(H,25,28)/b16-11-,18-12+. The van der Waals surface area contributed by atoms with Gasteiger partial charge in [-0.2, -0.15) is 0 Å². The van der Waals surface area contributed by atoms with Crippen LogP contribution >= 0.6 is 0 Å². The molecule has 3 heterocycles. The molecule has 0 unspecified atom stereocenters. The van der Waals surface area contributed by atoms with Crippen LogP contribution in [0.15, 0.2) is 34.8 Å². The van der Waals surface area contributed by atoms with E-state index in [0.717, 1.165) is 29.7 Å². The summed E-state index contributed by atoms with van der Waals surface area (Å²) in [5, 5.41) is 13.3. The molecule has 2 N–H and O–H groups in total. The Morgan fingerprint density at radius 1 is 1.30 bits per heavy atom. The largest absolute Gasteiger partial charge is 0.494 e. The molecule has 2 aromatic rings. The summed E-state index contributed by atoms with van der Waals surface area (Å²) in [6, 6.07) is 6.48. The smallest absolute Gasteiger partial charge is 0.260 e. The Morgan fingerprint density at radius 2 is 2.03 bits per heavy atom. The predicted octanol–water partition coefficient (Wildman–Crippen LogP) is 1.27. The van der Waals surface area contributed by atoms with Crippen molar-refractivity contribution in [3.05, 3.63) is 67.5 Å². The Morgan fingerprint density at radius 3 is 2.73 bits per heavy atom. The van der Waals surface area contributed by atoms with Crippen molar-refractivity contribution in [3.8, 4) is 5.88 Å². The molecule has 0 bridgehead atoms. The number of carbonyl (C=O) groups is 1. The topological polar surface area (TPSA) is 74.6 Å². The average Bonchev–Trinajstić information content (AvgIpc) is 2.95. The van der Waals surface area contributed by atoms with Gasteiger partial charge in [0, 0.05) is 42.7 Å². The molecule has 4 rings (SSSR count). The Labute approximate surface area is 175 Å². The number of amides is 1. The van der Waals surface area contributed by atoms with Crippen LogP contribution in [0, 0.1) is 0 Å². The summed E-state index contributed by atoms with van der Waals surface area (Å²) < 4.78 is 1.08. The van der Waals surface area contributed by atoms with Gasteiger partial charge in [0.15, 0.2) is 0 Å². The zero-order chi connectivity index (χ0) is 21.8. The molecule has 2 aliphatic rings. The lowest BCUT2D eigenvalue weighted by atomic mass is 9.83. The molecule has 1 aromatic heterocycles. The van der Waals surface area contributed by atoms with E-state index in [-0.39, 0.29) is 22.1 Å². The van der Waals surface area contributed by atoms with Crippen LogP contribution in [0.1, 0.15) is 41.8 Å². The number of pyridine rings is 1. The van der Waals surface area contributed by atoms with Crippen LogP contribution < -0.4 is 26.2 Å². The molecule has 0 fully saturated rings. The van der Waals surface area contributed by atoms with Gasteiger partial charge in [0.1, 0.15) is 5.56 Å². The van der Waals surface area contributed by atoms with E-state index in [1.54, 1.807) is 6.08 Å². The maximum absolute atomic E-state index is 12.8. The number of nitrogens with one attached hydrogen (secondary N) is 1. The van der Waals surface area contributed by atoms with Crippen molar-refractivity contribution in [2.75, 3.05) is 18.5 Å². The van der Waals surface area contributed by atoms with Crippen molar-refractivity contribution in [1.29, 1.82) is 0 Å². The summed E-state index contributed by atoms with van der Waals surface area (Å²) in [5.41, 5.74) is 4.45. The monoisotopic (exact) mass is 405 g/mol. The molecular weight excluding hydrogens is 378 g/mol. The van der Waals surface area contributed by atoms with Crippen molar-refractivity contribution >= 4 is 24.2 Å². The van der Waals surface area contributed by atoms with Gasteiger partial charge in [0.05, 0.1) is 0 Å². The highest BCUT2D eigenvalue weighted by molar-refractivity contribution is 5.96. The molecule has 2 aliphatic heterocycles. The molecule has 6 heteroatoms. The van der Waals surface area contributed by atoms with Crippen LogP contribution in [0.3, 0.4) is 0 Å². The van der Waals surface area contributed by atoms with Crippen LogP contribution in [0.25, 0.3) is 12.7 Å². The molecule has 1 amide bonds. The number of allylic oxidation sites excluding steroid dienone is 2.